The van der Waals surface area contributed by atoms with E-state index in [9.17, 15) is 13.9 Å². The van der Waals surface area contributed by atoms with Gasteiger partial charge in [0.15, 0.2) is 5.96 Å². The van der Waals surface area contributed by atoms with Gasteiger partial charge in [-0.3, -0.25) is 0 Å². The number of rotatable bonds is 6. The van der Waals surface area contributed by atoms with Gasteiger partial charge in [0.1, 0.15) is 12.4 Å². The number of hydrogen-bond acceptors (Lipinski definition) is 3. The highest BCUT2D eigenvalue weighted by Gasteiger charge is 2.22. The van der Waals surface area contributed by atoms with Crippen LogP contribution in [0.15, 0.2) is 29.3 Å². The average molecular weight is 327 g/mol. The maximum absolute atomic E-state index is 12.2. The molecule has 0 aliphatic carbocycles. The molecule has 5 nitrogen and oxygen atoms in total. The Bertz CT molecular complexity index is 526. The number of halogens is 2. The van der Waals surface area contributed by atoms with E-state index in [4.69, 9.17) is 4.74 Å². The predicted octanol–water partition coefficient (Wildman–Crippen LogP) is 1.86. The first kappa shape index (κ1) is 17.5. The Hall–Kier alpha value is -1.89. The number of guanidine groups is 1. The summed E-state index contributed by atoms with van der Waals surface area (Å²) in [5.41, 5.74) is 0.881. The van der Waals surface area contributed by atoms with Gasteiger partial charge in [0.2, 0.25) is 0 Å². The van der Waals surface area contributed by atoms with Crippen molar-refractivity contribution in [2.45, 2.75) is 32.4 Å². The lowest BCUT2D eigenvalue weighted by Gasteiger charge is -2.21. The zero-order valence-corrected chi connectivity index (χ0v) is 13.2. The van der Waals surface area contributed by atoms with Crippen molar-refractivity contribution < 1.29 is 18.6 Å². The second-order valence-electron chi connectivity index (χ2n) is 5.41. The average Bonchev–Trinajstić information content (AvgIpc) is 2.96. The molecule has 2 rings (SSSR count). The van der Waals surface area contributed by atoms with Gasteiger partial charge in [0.25, 0.3) is 6.43 Å². The molecule has 0 amide bonds. The molecule has 1 saturated heterocycles. The van der Waals surface area contributed by atoms with Gasteiger partial charge < -0.3 is 20.1 Å². The van der Waals surface area contributed by atoms with Crippen LogP contribution in [0, 0.1) is 0 Å². The summed E-state index contributed by atoms with van der Waals surface area (Å²) in [5.74, 6) is 1.17. The van der Waals surface area contributed by atoms with Crippen molar-refractivity contribution in [3.63, 3.8) is 0 Å². The third kappa shape index (κ3) is 5.67. The highest BCUT2D eigenvalue weighted by Crippen LogP contribution is 2.15. The summed E-state index contributed by atoms with van der Waals surface area (Å²) >= 11 is 0. The fraction of sp³-hybridized carbons (Fsp3) is 0.562. The van der Waals surface area contributed by atoms with Gasteiger partial charge in [-0.1, -0.05) is 12.1 Å². The van der Waals surface area contributed by atoms with Gasteiger partial charge in [-0.25, -0.2) is 13.8 Å². The Morgan fingerprint density at radius 2 is 2.35 bits per heavy atom. The van der Waals surface area contributed by atoms with E-state index >= 15 is 0 Å². The van der Waals surface area contributed by atoms with Gasteiger partial charge in [-0.05, 0) is 31.0 Å². The van der Waals surface area contributed by atoms with E-state index in [2.05, 4.69) is 10.3 Å². The third-order valence-corrected chi connectivity index (χ3v) is 3.48. The molecule has 23 heavy (non-hydrogen) atoms. The van der Waals surface area contributed by atoms with E-state index < -0.39 is 13.0 Å². The minimum Gasteiger partial charge on any atom is -0.488 e. The summed E-state index contributed by atoms with van der Waals surface area (Å²) in [5, 5.41) is 12.8. The minimum absolute atomic E-state index is 0.315. The largest absolute Gasteiger partial charge is 0.488 e. The Labute approximate surface area is 135 Å². The molecule has 2 N–H and O–H groups in total. The lowest BCUT2D eigenvalue weighted by Crippen LogP contribution is -2.40. The standard InChI is InChI=1S/C16H23F2N3O2/c1-2-19-16(21-7-6-13(22)10-21)20-9-12-4-3-5-14(8-12)23-11-15(17)18/h3-5,8,13,15,22H,2,6-7,9-11H2,1H3,(H,19,20)/t13-/m1/s1. The third-order valence-electron chi connectivity index (χ3n) is 3.48. The van der Waals surface area contributed by atoms with Crippen LogP contribution in [0.4, 0.5) is 8.78 Å². The van der Waals surface area contributed by atoms with E-state index in [1.807, 2.05) is 17.9 Å². The Morgan fingerprint density at radius 1 is 1.52 bits per heavy atom. The van der Waals surface area contributed by atoms with Gasteiger partial charge in [-0.2, -0.15) is 0 Å². The second-order valence-corrected chi connectivity index (χ2v) is 5.41. The first-order valence-electron chi connectivity index (χ1n) is 7.79. The normalized spacial score (nSPS) is 18.6. The van der Waals surface area contributed by atoms with E-state index in [0.29, 0.717) is 18.8 Å². The number of benzene rings is 1. The van der Waals surface area contributed by atoms with Gasteiger partial charge in [0.05, 0.1) is 12.6 Å². The van der Waals surface area contributed by atoms with E-state index in [1.54, 1.807) is 18.2 Å². The van der Waals surface area contributed by atoms with Gasteiger partial charge in [-0.15, -0.1) is 0 Å². The molecule has 1 aliphatic heterocycles. The predicted molar refractivity (Wildman–Crippen MR) is 85.0 cm³/mol. The fourth-order valence-corrected chi connectivity index (χ4v) is 2.42. The molecule has 1 heterocycles. The zero-order valence-electron chi connectivity index (χ0n) is 13.2. The van der Waals surface area contributed by atoms with Crippen LogP contribution in [-0.2, 0) is 6.54 Å². The number of ether oxygens (including phenoxy) is 1. The first-order valence-corrected chi connectivity index (χ1v) is 7.79. The molecule has 1 aromatic carbocycles. The summed E-state index contributed by atoms with van der Waals surface area (Å²) in [6.45, 7) is 3.87. The fourth-order valence-electron chi connectivity index (χ4n) is 2.42. The maximum atomic E-state index is 12.2. The molecular formula is C16H23F2N3O2. The number of alkyl halides is 2. The molecule has 0 radical (unpaired) electrons. The number of β-amino-alcohol motifs (C(OH)–C–C–N with tert-alkyl or cyclic N) is 1. The molecular weight excluding hydrogens is 304 g/mol. The molecule has 1 fully saturated rings. The molecule has 0 unspecified atom stereocenters. The molecule has 1 aliphatic rings. The summed E-state index contributed by atoms with van der Waals surface area (Å²) in [4.78, 5) is 6.57. The van der Waals surface area contributed by atoms with Crippen molar-refractivity contribution in [2.24, 2.45) is 4.99 Å². The summed E-state index contributed by atoms with van der Waals surface area (Å²) in [6.07, 6.45) is -2.06. The summed E-state index contributed by atoms with van der Waals surface area (Å²) in [7, 11) is 0. The SMILES string of the molecule is CCNC(=NCc1cccc(OCC(F)F)c1)N1CC[C@@H](O)C1. The van der Waals surface area contributed by atoms with Crippen molar-refractivity contribution in [3.05, 3.63) is 29.8 Å². The lowest BCUT2D eigenvalue weighted by atomic mass is 10.2. The Balaban J connectivity index is 1.99. The zero-order chi connectivity index (χ0) is 16.7. The number of aliphatic hydroxyl groups is 1. The van der Waals surface area contributed by atoms with Gasteiger partial charge in [0, 0.05) is 19.6 Å². The minimum atomic E-state index is -2.49. The first-order chi connectivity index (χ1) is 11.1. The quantitative estimate of drug-likeness (QED) is 0.619. The second kappa shape index (κ2) is 8.67. The van der Waals surface area contributed by atoms with Crippen molar-refractivity contribution in [1.29, 1.82) is 0 Å². The molecule has 128 valence electrons. The smallest absolute Gasteiger partial charge is 0.272 e. The molecule has 0 bridgehead atoms. The topological polar surface area (TPSA) is 57.1 Å². The van der Waals surface area contributed by atoms with Crippen molar-refractivity contribution in [1.82, 2.24) is 10.2 Å². The Morgan fingerprint density at radius 3 is 3.00 bits per heavy atom. The van der Waals surface area contributed by atoms with E-state index in [-0.39, 0.29) is 6.10 Å². The van der Waals surface area contributed by atoms with Crippen LogP contribution in [0.3, 0.4) is 0 Å². The number of nitrogens with one attached hydrogen (secondary N) is 1. The van der Waals surface area contributed by atoms with Crippen LogP contribution in [0.25, 0.3) is 0 Å². The van der Waals surface area contributed by atoms with Crippen LogP contribution < -0.4 is 10.1 Å². The van der Waals surface area contributed by atoms with Crippen molar-refractivity contribution in [2.75, 3.05) is 26.2 Å². The van der Waals surface area contributed by atoms with Crippen LogP contribution in [-0.4, -0.2) is 54.7 Å². The lowest BCUT2D eigenvalue weighted by molar-refractivity contribution is 0.0818. The number of aliphatic hydroxyl groups excluding tert-OH is 1. The van der Waals surface area contributed by atoms with Crippen LogP contribution in [0.2, 0.25) is 0 Å². The highest BCUT2D eigenvalue weighted by molar-refractivity contribution is 5.80. The molecule has 0 aromatic heterocycles. The van der Waals surface area contributed by atoms with Crippen LogP contribution >= 0.6 is 0 Å². The monoisotopic (exact) mass is 327 g/mol. The summed E-state index contributed by atoms with van der Waals surface area (Å²) in [6, 6.07) is 7.01. The molecule has 0 spiro atoms. The highest BCUT2D eigenvalue weighted by atomic mass is 19.3. The van der Waals surface area contributed by atoms with Crippen molar-refractivity contribution in [3.8, 4) is 5.75 Å². The number of likely N-dealkylation sites (tertiary alicyclic amines) is 1. The Kier molecular flexibility index (Phi) is 6.58. The molecule has 1 aromatic rings. The number of hydrogen-bond donors (Lipinski definition) is 2. The van der Waals surface area contributed by atoms with E-state index in [0.717, 1.165) is 31.0 Å². The van der Waals surface area contributed by atoms with Gasteiger partial charge >= 0.3 is 0 Å². The summed E-state index contributed by atoms with van der Waals surface area (Å²) < 4.78 is 29.4. The number of nitrogens with zero attached hydrogens (tertiary/aromatic N) is 2. The number of aliphatic imine (C=N–C) groups is 1. The molecule has 1 atom stereocenters. The molecule has 0 saturated carbocycles. The molecule has 7 heteroatoms. The van der Waals surface area contributed by atoms with Crippen molar-refractivity contribution >= 4 is 5.96 Å². The van der Waals surface area contributed by atoms with Crippen LogP contribution in [0.5, 0.6) is 5.75 Å². The van der Waals surface area contributed by atoms with Crippen LogP contribution in [0.1, 0.15) is 18.9 Å². The maximum Gasteiger partial charge on any atom is 0.272 e. The van der Waals surface area contributed by atoms with E-state index in [1.165, 1.54) is 0 Å².